The molecule has 6 nitrogen and oxygen atoms in total. The van der Waals surface area contributed by atoms with Crippen molar-refractivity contribution in [2.75, 3.05) is 26.2 Å². The van der Waals surface area contributed by atoms with Crippen LogP contribution in [-0.2, 0) is 11.5 Å². The lowest BCUT2D eigenvalue weighted by atomic mass is 10.2. The van der Waals surface area contributed by atoms with Crippen molar-refractivity contribution < 1.29 is 9.32 Å². The fourth-order valence-corrected chi connectivity index (χ4v) is 2.99. The molecular formula is C16H19N3O3. The second-order valence-electron chi connectivity index (χ2n) is 6.13. The highest BCUT2D eigenvalue weighted by molar-refractivity contribution is 5.81. The van der Waals surface area contributed by atoms with E-state index in [2.05, 4.69) is 4.90 Å². The summed E-state index contributed by atoms with van der Waals surface area (Å²) in [5.74, 6) is 0.588. The Hall–Kier alpha value is -2.08. The van der Waals surface area contributed by atoms with Crippen LogP contribution < -0.4 is 5.56 Å². The van der Waals surface area contributed by atoms with Gasteiger partial charge in [0.15, 0.2) is 5.58 Å². The number of piperazine rings is 1. The summed E-state index contributed by atoms with van der Waals surface area (Å²) in [6.45, 7) is 3.48. The van der Waals surface area contributed by atoms with E-state index in [1.54, 1.807) is 12.1 Å². The minimum Gasteiger partial charge on any atom is -0.374 e. The van der Waals surface area contributed by atoms with E-state index in [1.165, 1.54) is 4.74 Å². The smallest absolute Gasteiger partial charge is 0.291 e. The minimum atomic E-state index is -0.0907. The topological polar surface area (TPSA) is 58.7 Å². The zero-order valence-corrected chi connectivity index (χ0v) is 12.4. The molecule has 1 amide bonds. The van der Waals surface area contributed by atoms with Gasteiger partial charge in [0.2, 0.25) is 5.91 Å². The number of nitrogens with zero attached hydrogens (tertiary/aromatic N) is 3. The number of para-hydroxylation sites is 1. The van der Waals surface area contributed by atoms with E-state index in [9.17, 15) is 9.59 Å². The summed E-state index contributed by atoms with van der Waals surface area (Å²) in [6, 6.07) is 7.28. The number of fused-ring (bicyclic) bond motifs is 1. The molecule has 22 heavy (non-hydrogen) atoms. The van der Waals surface area contributed by atoms with Gasteiger partial charge in [0.1, 0.15) is 6.67 Å². The Morgan fingerprint density at radius 1 is 1.14 bits per heavy atom. The molecule has 0 radical (unpaired) electrons. The molecule has 1 saturated heterocycles. The van der Waals surface area contributed by atoms with E-state index < -0.39 is 0 Å². The normalized spacial score (nSPS) is 19.7. The van der Waals surface area contributed by atoms with Crippen molar-refractivity contribution >= 4 is 16.9 Å². The number of hydrogen-bond acceptors (Lipinski definition) is 4. The Morgan fingerprint density at radius 2 is 1.86 bits per heavy atom. The van der Waals surface area contributed by atoms with Gasteiger partial charge < -0.3 is 9.42 Å². The zero-order chi connectivity index (χ0) is 15.1. The number of aromatic nitrogens is 1. The minimum absolute atomic E-state index is 0.0907. The van der Waals surface area contributed by atoms with Gasteiger partial charge in [0, 0.05) is 32.1 Å². The third-order valence-electron chi connectivity index (χ3n) is 4.49. The zero-order valence-electron chi connectivity index (χ0n) is 12.4. The lowest BCUT2D eigenvalue weighted by Gasteiger charge is -2.34. The van der Waals surface area contributed by atoms with Gasteiger partial charge in [-0.25, -0.2) is 0 Å². The first-order valence-electron chi connectivity index (χ1n) is 7.82. The number of rotatable bonds is 3. The summed E-state index contributed by atoms with van der Waals surface area (Å²) in [7, 11) is 0. The molecule has 0 bridgehead atoms. The molecule has 1 saturated carbocycles. The van der Waals surface area contributed by atoms with Crippen molar-refractivity contribution in [2.45, 2.75) is 19.5 Å². The van der Waals surface area contributed by atoms with Crippen LogP contribution in [-0.4, -0.2) is 46.6 Å². The van der Waals surface area contributed by atoms with Crippen LogP contribution in [0.15, 0.2) is 33.6 Å². The third kappa shape index (κ3) is 2.43. The number of carbonyl (C=O) groups excluding carboxylic acids is 1. The fraction of sp³-hybridized carbons (Fsp3) is 0.500. The van der Waals surface area contributed by atoms with E-state index >= 15 is 0 Å². The van der Waals surface area contributed by atoms with Crippen LogP contribution in [0.4, 0.5) is 0 Å². The number of benzene rings is 1. The first-order valence-corrected chi connectivity index (χ1v) is 7.82. The lowest BCUT2D eigenvalue weighted by molar-refractivity contribution is -0.134. The Kier molecular flexibility index (Phi) is 3.26. The summed E-state index contributed by atoms with van der Waals surface area (Å²) in [4.78, 5) is 28.4. The van der Waals surface area contributed by atoms with Crippen LogP contribution in [0.1, 0.15) is 12.8 Å². The molecule has 1 aliphatic carbocycles. The highest BCUT2D eigenvalue weighted by atomic mass is 16.5. The fourth-order valence-electron chi connectivity index (χ4n) is 2.99. The van der Waals surface area contributed by atoms with Crippen LogP contribution in [0.2, 0.25) is 0 Å². The molecular weight excluding hydrogens is 282 g/mol. The van der Waals surface area contributed by atoms with Gasteiger partial charge >= 0.3 is 0 Å². The highest BCUT2D eigenvalue weighted by Gasteiger charge is 2.34. The first kappa shape index (κ1) is 13.6. The third-order valence-corrected chi connectivity index (χ3v) is 4.49. The van der Waals surface area contributed by atoms with E-state index in [4.69, 9.17) is 4.52 Å². The number of carbonyl (C=O) groups is 1. The maximum Gasteiger partial charge on any atom is 0.291 e. The summed E-state index contributed by atoms with van der Waals surface area (Å²) < 4.78 is 7.01. The second-order valence-corrected chi connectivity index (χ2v) is 6.13. The van der Waals surface area contributed by atoms with E-state index in [1.807, 2.05) is 17.0 Å². The predicted octanol–water partition coefficient (Wildman–Crippen LogP) is 1.11. The highest BCUT2D eigenvalue weighted by Crippen LogP contribution is 2.31. The van der Waals surface area contributed by atoms with E-state index in [0.717, 1.165) is 39.0 Å². The molecule has 2 aliphatic rings. The van der Waals surface area contributed by atoms with Crippen LogP contribution >= 0.6 is 0 Å². The SMILES string of the molecule is O=C(C1CC1)N1CCN(Cn2oc3ccccc3c2=O)CC1. The second kappa shape index (κ2) is 5.28. The Bertz CT molecular complexity index is 751. The molecule has 0 unspecified atom stereocenters. The number of hydrogen-bond donors (Lipinski definition) is 0. The maximum atomic E-state index is 12.3. The molecule has 2 heterocycles. The van der Waals surface area contributed by atoms with E-state index in [-0.39, 0.29) is 11.5 Å². The quantitative estimate of drug-likeness (QED) is 0.852. The average molecular weight is 301 g/mol. The Morgan fingerprint density at radius 3 is 2.55 bits per heavy atom. The summed E-state index contributed by atoms with van der Waals surface area (Å²) in [6.07, 6.45) is 2.10. The molecule has 4 rings (SSSR count). The molecule has 2 fully saturated rings. The molecule has 6 heteroatoms. The van der Waals surface area contributed by atoms with Crippen molar-refractivity contribution in [3.05, 3.63) is 34.6 Å². The van der Waals surface area contributed by atoms with Crippen molar-refractivity contribution in [1.29, 1.82) is 0 Å². The van der Waals surface area contributed by atoms with Gasteiger partial charge in [0.25, 0.3) is 5.56 Å². The molecule has 2 aromatic rings. The van der Waals surface area contributed by atoms with Gasteiger partial charge in [-0.1, -0.05) is 12.1 Å². The van der Waals surface area contributed by atoms with Gasteiger partial charge in [-0.2, -0.15) is 4.74 Å². The summed E-state index contributed by atoms with van der Waals surface area (Å²) >= 11 is 0. The van der Waals surface area contributed by atoms with Crippen molar-refractivity contribution in [2.24, 2.45) is 5.92 Å². The molecule has 0 N–H and O–H groups in total. The molecule has 1 aliphatic heterocycles. The van der Waals surface area contributed by atoms with Crippen LogP contribution in [0.3, 0.4) is 0 Å². The number of amides is 1. The molecule has 1 aromatic carbocycles. The van der Waals surface area contributed by atoms with Gasteiger partial charge in [0.05, 0.1) is 5.39 Å². The first-order chi connectivity index (χ1) is 10.7. The average Bonchev–Trinajstić information content (AvgIpc) is 3.35. The van der Waals surface area contributed by atoms with Crippen molar-refractivity contribution in [3.63, 3.8) is 0 Å². The lowest BCUT2D eigenvalue weighted by Crippen LogP contribution is -2.49. The van der Waals surface area contributed by atoms with E-state index in [0.29, 0.717) is 23.5 Å². The van der Waals surface area contributed by atoms with Gasteiger partial charge in [-0.05, 0) is 25.0 Å². The molecule has 1 aromatic heterocycles. The summed E-state index contributed by atoms with van der Waals surface area (Å²) in [5, 5.41) is 0.616. The van der Waals surface area contributed by atoms with Crippen molar-refractivity contribution in [1.82, 2.24) is 14.5 Å². The largest absolute Gasteiger partial charge is 0.374 e. The van der Waals surface area contributed by atoms with Gasteiger partial charge in [-0.3, -0.25) is 14.5 Å². The Balaban J connectivity index is 1.42. The standard InChI is InChI=1S/C16H19N3O3/c20-15(12-5-6-12)18-9-7-17(8-10-18)11-19-16(21)13-3-1-2-4-14(13)22-19/h1-4,12H,5-11H2. The van der Waals surface area contributed by atoms with Crippen molar-refractivity contribution in [3.8, 4) is 0 Å². The van der Waals surface area contributed by atoms with Crippen LogP contribution in [0.5, 0.6) is 0 Å². The molecule has 0 atom stereocenters. The van der Waals surface area contributed by atoms with Crippen LogP contribution in [0.25, 0.3) is 11.0 Å². The molecule has 0 spiro atoms. The maximum absolute atomic E-state index is 12.3. The monoisotopic (exact) mass is 301 g/mol. The summed E-state index contributed by atoms with van der Waals surface area (Å²) in [5.41, 5.74) is 0.530. The van der Waals surface area contributed by atoms with Gasteiger partial charge in [-0.15, -0.1) is 0 Å². The Labute approximate surface area is 127 Å². The molecule has 116 valence electrons. The van der Waals surface area contributed by atoms with Crippen LogP contribution in [0, 0.1) is 5.92 Å². The predicted molar refractivity (Wildman–Crippen MR) is 81.4 cm³/mol.